The van der Waals surface area contributed by atoms with Crippen LogP contribution in [-0.2, 0) is 17.8 Å². The Balaban J connectivity index is 2.64. The molecule has 1 aromatic heterocycles. The lowest BCUT2D eigenvalue weighted by Gasteiger charge is -2.21. The zero-order valence-electron chi connectivity index (χ0n) is 11.9. The fourth-order valence-electron chi connectivity index (χ4n) is 1.63. The van der Waals surface area contributed by atoms with Crippen molar-refractivity contribution in [3.05, 3.63) is 16.1 Å². The molecule has 0 aliphatic carbocycles. The lowest BCUT2D eigenvalue weighted by atomic mass is 10.3. The van der Waals surface area contributed by atoms with Crippen molar-refractivity contribution in [3.8, 4) is 0 Å². The van der Waals surface area contributed by atoms with Crippen molar-refractivity contribution < 1.29 is 23.1 Å². The van der Waals surface area contributed by atoms with Gasteiger partial charge < -0.3 is 10.0 Å². The first-order chi connectivity index (χ1) is 9.71. The largest absolute Gasteiger partial charge is 0.401 e. The Morgan fingerprint density at radius 3 is 2.62 bits per heavy atom. The summed E-state index contributed by atoms with van der Waals surface area (Å²) in [4.78, 5) is 18.2. The molecule has 1 heterocycles. The van der Waals surface area contributed by atoms with E-state index < -0.39 is 12.7 Å². The minimum absolute atomic E-state index is 0.00722. The van der Waals surface area contributed by atoms with Crippen LogP contribution in [0.25, 0.3) is 0 Å². The van der Waals surface area contributed by atoms with E-state index in [2.05, 4.69) is 4.98 Å². The van der Waals surface area contributed by atoms with Crippen LogP contribution in [0.1, 0.15) is 10.7 Å². The first-order valence-corrected chi connectivity index (χ1v) is 7.12. The van der Waals surface area contributed by atoms with Crippen LogP contribution in [0.5, 0.6) is 0 Å². The van der Waals surface area contributed by atoms with Crippen LogP contribution < -0.4 is 0 Å². The van der Waals surface area contributed by atoms with Gasteiger partial charge in [-0.1, -0.05) is 0 Å². The standard InChI is InChI=1S/C12H18F3N3O2S/c1-17(2)11(20)5-10-16-9(7-21-10)6-18(3-4-19)8-12(13,14)15/h7,19H,3-6,8H2,1-2H3. The molecule has 1 rings (SSSR count). The molecule has 1 N–H and O–H groups in total. The van der Waals surface area contributed by atoms with Crippen LogP contribution in [-0.4, -0.2) is 65.8 Å². The maximum absolute atomic E-state index is 12.4. The Kier molecular flexibility index (Phi) is 6.56. The van der Waals surface area contributed by atoms with Gasteiger partial charge in [0.1, 0.15) is 5.01 Å². The number of aliphatic hydroxyl groups is 1. The molecule has 1 aromatic rings. The van der Waals surface area contributed by atoms with Crippen LogP contribution in [0.4, 0.5) is 13.2 Å². The Morgan fingerprint density at radius 2 is 2.10 bits per heavy atom. The highest BCUT2D eigenvalue weighted by atomic mass is 32.1. The third-order valence-electron chi connectivity index (χ3n) is 2.61. The minimum atomic E-state index is -4.32. The van der Waals surface area contributed by atoms with Gasteiger partial charge in [-0.25, -0.2) is 4.98 Å². The second kappa shape index (κ2) is 7.71. The number of amides is 1. The van der Waals surface area contributed by atoms with E-state index in [1.54, 1.807) is 19.5 Å². The van der Waals surface area contributed by atoms with E-state index in [0.29, 0.717) is 10.7 Å². The Morgan fingerprint density at radius 1 is 1.43 bits per heavy atom. The van der Waals surface area contributed by atoms with Gasteiger partial charge in [0.2, 0.25) is 5.91 Å². The summed E-state index contributed by atoms with van der Waals surface area (Å²) in [5.74, 6) is -0.113. The summed E-state index contributed by atoms with van der Waals surface area (Å²) in [7, 11) is 3.26. The summed E-state index contributed by atoms with van der Waals surface area (Å²) >= 11 is 1.24. The molecule has 0 spiro atoms. The van der Waals surface area contributed by atoms with Crippen molar-refractivity contribution in [1.29, 1.82) is 0 Å². The van der Waals surface area contributed by atoms with Gasteiger partial charge in [-0.2, -0.15) is 13.2 Å². The highest BCUT2D eigenvalue weighted by Gasteiger charge is 2.30. The lowest BCUT2D eigenvalue weighted by Crippen LogP contribution is -2.35. The molecule has 0 radical (unpaired) electrons. The first kappa shape index (κ1) is 17.9. The van der Waals surface area contributed by atoms with E-state index in [4.69, 9.17) is 5.11 Å². The number of hydrogen-bond donors (Lipinski definition) is 1. The maximum atomic E-state index is 12.4. The summed E-state index contributed by atoms with van der Waals surface area (Å²) in [6, 6.07) is 0. The molecule has 0 unspecified atom stereocenters. The number of rotatable bonds is 7. The van der Waals surface area contributed by atoms with Crippen molar-refractivity contribution in [1.82, 2.24) is 14.8 Å². The van der Waals surface area contributed by atoms with Crippen molar-refractivity contribution in [3.63, 3.8) is 0 Å². The van der Waals surface area contributed by atoms with Crippen LogP contribution in [0, 0.1) is 0 Å². The number of halogens is 3. The number of aromatic nitrogens is 1. The zero-order chi connectivity index (χ0) is 16.0. The number of alkyl halides is 3. The summed E-state index contributed by atoms with van der Waals surface area (Å²) in [6.45, 7) is -1.54. The molecule has 0 aliphatic heterocycles. The topological polar surface area (TPSA) is 56.7 Å². The van der Waals surface area contributed by atoms with Crippen molar-refractivity contribution >= 4 is 17.2 Å². The number of likely N-dealkylation sites (N-methyl/N-ethyl adjacent to an activating group) is 1. The molecule has 0 fully saturated rings. The SMILES string of the molecule is CN(C)C(=O)Cc1nc(CN(CCO)CC(F)(F)F)cs1. The monoisotopic (exact) mass is 325 g/mol. The summed E-state index contributed by atoms with van der Waals surface area (Å²) in [5, 5.41) is 11.0. The molecule has 5 nitrogen and oxygen atoms in total. The fraction of sp³-hybridized carbons (Fsp3) is 0.667. The normalized spacial score (nSPS) is 12.0. The van der Waals surface area contributed by atoms with Gasteiger partial charge in [0.05, 0.1) is 25.3 Å². The molecule has 0 saturated carbocycles. The second-order valence-electron chi connectivity index (χ2n) is 4.75. The van der Waals surface area contributed by atoms with Gasteiger partial charge in [0.25, 0.3) is 0 Å². The van der Waals surface area contributed by atoms with E-state index in [-0.39, 0.29) is 32.0 Å². The van der Waals surface area contributed by atoms with Crippen LogP contribution in [0.2, 0.25) is 0 Å². The minimum Gasteiger partial charge on any atom is -0.395 e. The number of carbonyl (C=O) groups excluding carboxylic acids is 1. The van der Waals surface area contributed by atoms with Gasteiger partial charge in [0, 0.05) is 32.6 Å². The van der Waals surface area contributed by atoms with E-state index in [0.717, 1.165) is 4.90 Å². The lowest BCUT2D eigenvalue weighted by molar-refractivity contribution is -0.148. The van der Waals surface area contributed by atoms with Gasteiger partial charge in [-0.15, -0.1) is 11.3 Å². The highest BCUT2D eigenvalue weighted by molar-refractivity contribution is 7.09. The maximum Gasteiger partial charge on any atom is 0.401 e. The predicted octanol–water partition coefficient (Wildman–Crippen LogP) is 1.13. The van der Waals surface area contributed by atoms with E-state index in [1.165, 1.54) is 16.2 Å². The quantitative estimate of drug-likeness (QED) is 0.816. The van der Waals surface area contributed by atoms with Gasteiger partial charge in [-0.3, -0.25) is 9.69 Å². The molecule has 0 saturated heterocycles. The number of carbonyl (C=O) groups is 1. The number of hydrogen-bond acceptors (Lipinski definition) is 5. The zero-order valence-corrected chi connectivity index (χ0v) is 12.7. The summed E-state index contributed by atoms with van der Waals surface area (Å²) < 4.78 is 37.2. The van der Waals surface area contributed by atoms with E-state index >= 15 is 0 Å². The first-order valence-electron chi connectivity index (χ1n) is 6.24. The van der Waals surface area contributed by atoms with E-state index in [9.17, 15) is 18.0 Å². The molecule has 0 atom stereocenters. The average molecular weight is 325 g/mol. The molecule has 0 aliphatic rings. The molecular weight excluding hydrogens is 307 g/mol. The number of thiazole rings is 1. The third-order valence-corrected chi connectivity index (χ3v) is 3.50. The van der Waals surface area contributed by atoms with E-state index in [1.807, 2.05) is 0 Å². The van der Waals surface area contributed by atoms with Gasteiger partial charge in [0.15, 0.2) is 0 Å². The summed E-state index contributed by atoms with van der Waals surface area (Å²) in [5.41, 5.74) is 0.472. The Hall–Kier alpha value is -1.19. The second-order valence-corrected chi connectivity index (χ2v) is 5.69. The molecule has 1 amide bonds. The number of nitrogens with zero attached hydrogens (tertiary/aromatic N) is 3. The van der Waals surface area contributed by atoms with Crippen LogP contribution in [0.15, 0.2) is 5.38 Å². The molecule has 0 aromatic carbocycles. The smallest absolute Gasteiger partial charge is 0.395 e. The Bertz CT molecular complexity index is 463. The van der Waals surface area contributed by atoms with Gasteiger partial charge >= 0.3 is 6.18 Å². The average Bonchev–Trinajstić information content (AvgIpc) is 2.74. The number of aliphatic hydroxyl groups excluding tert-OH is 1. The Labute approximate surface area is 125 Å². The van der Waals surface area contributed by atoms with Crippen molar-refractivity contribution in [2.75, 3.05) is 33.8 Å². The summed E-state index contributed by atoms with van der Waals surface area (Å²) in [6.07, 6.45) is -4.19. The molecule has 9 heteroatoms. The van der Waals surface area contributed by atoms with Crippen LogP contribution >= 0.6 is 11.3 Å². The van der Waals surface area contributed by atoms with Crippen LogP contribution in [0.3, 0.4) is 0 Å². The van der Waals surface area contributed by atoms with Crippen molar-refractivity contribution in [2.24, 2.45) is 0 Å². The molecular formula is C12H18F3N3O2S. The van der Waals surface area contributed by atoms with Crippen molar-refractivity contribution in [2.45, 2.75) is 19.1 Å². The third kappa shape index (κ3) is 6.87. The molecule has 0 bridgehead atoms. The van der Waals surface area contributed by atoms with Gasteiger partial charge in [-0.05, 0) is 0 Å². The fourth-order valence-corrected chi connectivity index (χ4v) is 2.40. The predicted molar refractivity (Wildman–Crippen MR) is 72.9 cm³/mol. The highest BCUT2D eigenvalue weighted by Crippen LogP contribution is 2.19. The molecule has 120 valence electrons. The molecule has 21 heavy (non-hydrogen) atoms.